The zero-order chi connectivity index (χ0) is 18.6. The molecule has 3 rings (SSSR count). The lowest BCUT2D eigenvalue weighted by Gasteiger charge is -2.23. The summed E-state index contributed by atoms with van der Waals surface area (Å²) in [6.45, 7) is 7.67. The van der Waals surface area contributed by atoms with E-state index in [9.17, 15) is 4.79 Å². The summed E-state index contributed by atoms with van der Waals surface area (Å²) in [7, 11) is 0. The van der Waals surface area contributed by atoms with Gasteiger partial charge in [0.2, 0.25) is 0 Å². The Morgan fingerprint density at radius 1 is 1.12 bits per heavy atom. The third-order valence-electron chi connectivity index (χ3n) is 5.09. The minimum absolute atomic E-state index is 0.0491. The molecule has 3 heteroatoms. The molecule has 3 nitrogen and oxygen atoms in total. The second-order valence-corrected chi connectivity index (χ2v) is 8.33. The lowest BCUT2D eigenvalue weighted by molar-refractivity contribution is 0.102. The largest absolute Gasteiger partial charge is 0.322 e. The standard InChI is InChI=1S/C23H30N2O/c1-23(2,3)19-10-12-20(13-11-19)25-22(26)18-8-6-7-17(15-18)16-21-9-4-5-14-24-21/h6-8,10-13,15,21,24H,4-5,9,14,16H2,1-3H3,(H,25,26)/t21-/m0/s1. The van der Waals surface area contributed by atoms with Crippen LogP contribution in [0.1, 0.15) is 61.5 Å². The molecule has 2 aromatic rings. The normalized spacial score (nSPS) is 17.7. The first-order valence-electron chi connectivity index (χ1n) is 9.66. The summed E-state index contributed by atoms with van der Waals surface area (Å²) in [5.41, 5.74) is 4.16. The summed E-state index contributed by atoms with van der Waals surface area (Å²) < 4.78 is 0. The van der Waals surface area contributed by atoms with Crippen molar-refractivity contribution in [2.45, 2.75) is 57.9 Å². The summed E-state index contributed by atoms with van der Waals surface area (Å²) in [4.78, 5) is 12.6. The monoisotopic (exact) mass is 350 g/mol. The van der Waals surface area contributed by atoms with Crippen molar-refractivity contribution in [1.82, 2.24) is 5.32 Å². The third-order valence-corrected chi connectivity index (χ3v) is 5.09. The number of hydrogen-bond acceptors (Lipinski definition) is 2. The van der Waals surface area contributed by atoms with Gasteiger partial charge in [-0.15, -0.1) is 0 Å². The van der Waals surface area contributed by atoms with Crippen molar-refractivity contribution in [3.8, 4) is 0 Å². The van der Waals surface area contributed by atoms with Gasteiger partial charge in [-0.2, -0.15) is 0 Å². The lowest BCUT2D eigenvalue weighted by Crippen LogP contribution is -2.35. The van der Waals surface area contributed by atoms with Crippen LogP contribution in [0.2, 0.25) is 0 Å². The highest BCUT2D eigenvalue weighted by atomic mass is 16.1. The molecule has 1 aliphatic heterocycles. The maximum atomic E-state index is 12.6. The molecule has 0 saturated carbocycles. The topological polar surface area (TPSA) is 41.1 Å². The molecule has 0 aliphatic carbocycles. The smallest absolute Gasteiger partial charge is 0.255 e. The zero-order valence-corrected chi connectivity index (χ0v) is 16.1. The van der Waals surface area contributed by atoms with Crippen LogP contribution in [0, 0.1) is 0 Å². The second-order valence-electron chi connectivity index (χ2n) is 8.33. The Bertz CT molecular complexity index is 738. The number of rotatable bonds is 4. The highest BCUT2D eigenvalue weighted by Gasteiger charge is 2.15. The molecule has 0 spiro atoms. The van der Waals surface area contributed by atoms with Crippen LogP contribution in [-0.2, 0) is 11.8 Å². The average molecular weight is 351 g/mol. The van der Waals surface area contributed by atoms with E-state index in [1.807, 2.05) is 30.3 Å². The van der Waals surface area contributed by atoms with E-state index in [0.29, 0.717) is 6.04 Å². The lowest BCUT2D eigenvalue weighted by atomic mass is 9.87. The minimum atomic E-state index is -0.0491. The van der Waals surface area contributed by atoms with Crippen LogP contribution >= 0.6 is 0 Å². The van der Waals surface area contributed by atoms with Crippen LogP contribution in [0.3, 0.4) is 0 Å². The maximum Gasteiger partial charge on any atom is 0.255 e. The highest BCUT2D eigenvalue weighted by molar-refractivity contribution is 6.04. The van der Waals surface area contributed by atoms with Gasteiger partial charge in [-0.3, -0.25) is 4.79 Å². The van der Waals surface area contributed by atoms with E-state index in [-0.39, 0.29) is 11.3 Å². The minimum Gasteiger partial charge on any atom is -0.322 e. The van der Waals surface area contributed by atoms with Gasteiger partial charge in [0.05, 0.1) is 0 Å². The van der Waals surface area contributed by atoms with Gasteiger partial charge in [0.25, 0.3) is 5.91 Å². The molecule has 2 aromatic carbocycles. The predicted molar refractivity (Wildman–Crippen MR) is 109 cm³/mol. The Kier molecular flexibility index (Phi) is 5.77. The Balaban J connectivity index is 1.65. The van der Waals surface area contributed by atoms with Crippen molar-refractivity contribution < 1.29 is 4.79 Å². The summed E-state index contributed by atoms with van der Waals surface area (Å²) in [5.74, 6) is -0.0491. The molecule has 0 unspecified atom stereocenters. The van der Waals surface area contributed by atoms with Gasteiger partial charge >= 0.3 is 0 Å². The molecule has 0 radical (unpaired) electrons. The maximum absolute atomic E-state index is 12.6. The van der Waals surface area contributed by atoms with Crippen molar-refractivity contribution in [2.75, 3.05) is 11.9 Å². The molecule has 138 valence electrons. The fraction of sp³-hybridized carbons (Fsp3) is 0.435. The van der Waals surface area contributed by atoms with Gasteiger partial charge in [0.1, 0.15) is 0 Å². The van der Waals surface area contributed by atoms with Gasteiger partial charge in [-0.05, 0) is 66.6 Å². The number of anilines is 1. The Morgan fingerprint density at radius 3 is 2.54 bits per heavy atom. The summed E-state index contributed by atoms with van der Waals surface area (Å²) in [6, 6.07) is 16.7. The van der Waals surface area contributed by atoms with Crippen LogP contribution in [-0.4, -0.2) is 18.5 Å². The molecule has 2 N–H and O–H groups in total. The van der Waals surface area contributed by atoms with E-state index in [2.05, 4.69) is 49.6 Å². The highest BCUT2D eigenvalue weighted by Crippen LogP contribution is 2.23. The molecule has 0 bridgehead atoms. The zero-order valence-electron chi connectivity index (χ0n) is 16.1. The third kappa shape index (κ3) is 4.95. The van der Waals surface area contributed by atoms with Gasteiger partial charge in [0, 0.05) is 17.3 Å². The van der Waals surface area contributed by atoms with Crippen molar-refractivity contribution in [3.05, 3.63) is 65.2 Å². The van der Waals surface area contributed by atoms with E-state index < -0.39 is 0 Å². The first-order valence-corrected chi connectivity index (χ1v) is 9.66. The Hall–Kier alpha value is -2.13. The van der Waals surface area contributed by atoms with Gasteiger partial charge in [0.15, 0.2) is 0 Å². The van der Waals surface area contributed by atoms with Crippen LogP contribution in [0.15, 0.2) is 48.5 Å². The molecule has 1 aliphatic rings. The van der Waals surface area contributed by atoms with E-state index in [1.165, 1.54) is 30.4 Å². The van der Waals surface area contributed by atoms with Crippen LogP contribution in [0.4, 0.5) is 5.69 Å². The first-order chi connectivity index (χ1) is 12.4. The molecule has 0 aromatic heterocycles. The fourth-order valence-electron chi connectivity index (χ4n) is 3.48. The van der Waals surface area contributed by atoms with Crippen LogP contribution in [0.5, 0.6) is 0 Å². The summed E-state index contributed by atoms with van der Waals surface area (Å²) in [6.07, 6.45) is 4.77. The summed E-state index contributed by atoms with van der Waals surface area (Å²) in [5, 5.41) is 6.59. The summed E-state index contributed by atoms with van der Waals surface area (Å²) >= 11 is 0. The molecular weight excluding hydrogens is 320 g/mol. The van der Waals surface area contributed by atoms with Crippen molar-refractivity contribution in [2.24, 2.45) is 0 Å². The van der Waals surface area contributed by atoms with E-state index in [0.717, 1.165) is 24.2 Å². The Labute approximate surface area is 157 Å². The van der Waals surface area contributed by atoms with Crippen LogP contribution < -0.4 is 10.6 Å². The van der Waals surface area contributed by atoms with Gasteiger partial charge in [-0.25, -0.2) is 0 Å². The molecule has 1 fully saturated rings. The average Bonchev–Trinajstić information content (AvgIpc) is 2.62. The molecule has 1 saturated heterocycles. The number of carbonyl (C=O) groups excluding carboxylic acids is 1. The predicted octanol–water partition coefficient (Wildman–Crippen LogP) is 4.92. The van der Waals surface area contributed by atoms with E-state index in [4.69, 9.17) is 0 Å². The van der Waals surface area contributed by atoms with E-state index in [1.54, 1.807) is 0 Å². The number of benzene rings is 2. The number of amides is 1. The number of piperidine rings is 1. The van der Waals surface area contributed by atoms with Crippen molar-refractivity contribution in [3.63, 3.8) is 0 Å². The van der Waals surface area contributed by atoms with Crippen LogP contribution in [0.25, 0.3) is 0 Å². The van der Waals surface area contributed by atoms with E-state index >= 15 is 0 Å². The van der Waals surface area contributed by atoms with Crippen molar-refractivity contribution >= 4 is 11.6 Å². The quantitative estimate of drug-likeness (QED) is 0.821. The second kappa shape index (κ2) is 8.05. The first kappa shape index (κ1) is 18.7. The molecular formula is C23H30N2O. The van der Waals surface area contributed by atoms with Gasteiger partial charge in [-0.1, -0.05) is 51.5 Å². The SMILES string of the molecule is CC(C)(C)c1ccc(NC(=O)c2cccc(C[C@@H]3CCCCN3)c2)cc1. The molecule has 26 heavy (non-hydrogen) atoms. The number of carbonyl (C=O) groups is 1. The van der Waals surface area contributed by atoms with Crippen molar-refractivity contribution in [1.29, 1.82) is 0 Å². The van der Waals surface area contributed by atoms with Gasteiger partial charge < -0.3 is 10.6 Å². The molecule has 1 atom stereocenters. The Morgan fingerprint density at radius 2 is 1.88 bits per heavy atom. The number of nitrogens with one attached hydrogen (secondary N) is 2. The molecule has 1 amide bonds. The number of hydrogen-bond donors (Lipinski definition) is 2. The molecule has 1 heterocycles. The fourth-order valence-corrected chi connectivity index (χ4v) is 3.48.